The van der Waals surface area contributed by atoms with Crippen LogP contribution in [0.5, 0.6) is 0 Å². The molecule has 0 aliphatic heterocycles. The molecule has 2 aromatic carbocycles. The number of hydrogen-bond donors (Lipinski definition) is 1. The molecule has 94 valence electrons. The van der Waals surface area contributed by atoms with Crippen LogP contribution in [0.4, 0.5) is 0 Å². The van der Waals surface area contributed by atoms with E-state index in [0.717, 1.165) is 16.1 Å². The van der Waals surface area contributed by atoms with E-state index in [9.17, 15) is 0 Å². The number of halogens is 2. The molecule has 18 heavy (non-hydrogen) atoms. The van der Waals surface area contributed by atoms with Crippen LogP contribution in [0.15, 0.2) is 48.5 Å². The second kappa shape index (κ2) is 5.31. The fourth-order valence-corrected chi connectivity index (χ4v) is 2.30. The Bertz CT molecular complexity index is 532. The zero-order valence-corrected chi connectivity index (χ0v) is 11.7. The van der Waals surface area contributed by atoms with Crippen molar-refractivity contribution in [2.24, 2.45) is 5.73 Å². The van der Waals surface area contributed by atoms with Gasteiger partial charge in [0.1, 0.15) is 0 Å². The fourth-order valence-electron chi connectivity index (χ4n) is 1.97. The molecule has 0 saturated heterocycles. The van der Waals surface area contributed by atoms with Crippen LogP contribution in [-0.2, 0) is 12.0 Å². The van der Waals surface area contributed by atoms with Gasteiger partial charge in [-0.1, -0.05) is 53.5 Å². The van der Waals surface area contributed by atoms with Crippen molar-refractivity contribution in [2.75, 3.05) is 0 Å². The van der Waals surface area contributed by atoms with Gasteiger partial charge in [0.05, 0.1) is 0 Å². The van der Waals surface area contributed by atoms with Crippen molar-refractivity contribution in [3.8, 4) is 0 Å². The van der Waals surface area contributed by atoms with Crippen LogP contribution < -0.4 is 5.73 Å². The molecule has 1 nitrogen and oxygen atoms in total. The Hall–Kier alpha value is -1.02. The van der Waals surface area contributed by atoms with Crippen LogP contribution in [0.1, 0.15) is 18.1 Å². The summed E-state index contributed by atoms with van der Waals surface area (Å²) in [6, 6.07) is 15.4. The zero-order valence-electron chi connectivity index (χ0n) is 10.2. The van der Waals surface area contributed by atoms with Gasteiger partial charge in [-0.2, -0.15) is 0 Å². The number of nitrogens with two attached hydrogens (primary N) is 1. The van der Waals surface area contributed by atoms with Gasteiger partial charge in [-0.3, -0.25) is 0 Å². The lowest BCUT2D eigenvalue weighted by atomic mass is 9.87. The highest BCUT2D eigenvalue weighted by Crippen LogP contribution is 2.27. The Kier molecular flexibility index (Phi) is 3.96. The molecule has 0 amide bonds. The summed E-state index contributed by atoms with van der Waals surface area (Å²) >= 11 is 12.1. The standard InChI is InChI=1S/C15H15Cl2N/c1-15(18,12-6-8-13(16)9-7-12)10-11-4-2-3-5-14(11)17/h2-9H,10,18H2,1H3. The SMILES string of the molecule is CC(N)(Cc1ccccc1Cl)c1ccc(Cl)cc1. The third kappa shape index (κ3) is 3.05. The second-order valence-electron chi connectivity index (χ2n) is 4.69. The highest BCUT2D eigenvalue weighted by atomic mass is 35.5. The third-order valence-corrected chi connectivity index (χ3v) is 3.64. The van der Waals surface area contributed by atoms with Crippen molar-refractivity contribution in [1.82, 2.24) is 0 Å². The van der Waals surface area contributed by atoms with Gasteiger partial charge in [-0.05, 0) is 42.7 Å². The van der Waals surface area contributed by atoms with E-state index in [2.05, 4.69) is 0 Å². The second-order valence-corrected chi connectivity index (χ2v) is 5.54. The number of rotatable bonds is 3. The molecule has 1 atom stereocenters. The van der Waals surface area contributed by atoms with Crippen LogP contribution in [0.3, 0.4) is 0 Å². The molecule has 0 aliphatic rings. The van der Waals surface area contributed by atoms with Gasteiger partial charge in [0.15, 0.2) is 0 Å². The van der Waals surface area contributed by atoms with E-state index in [-0.39, 0.29) is 0 Å². The van der Waals surface area contributed by atoms with E-state index in [1.807, 2.05) is 55.5 Å². The molecule has 0 heterocycles. The summed E-state index contributed by atoms with van der Waals surface area (Å²) in [6.45, 7) is 2.00. The molecule has 1 unspecified atom stereocenters. The number of benzene rings is 2. The van der Waals surface area contributed by atoms with Gasteiger partial charge in [0.25, 0.3) is 0 Å². The molecule has 0 radical (unpaired) electrons. The highest BCUT2D eigenvalue weighted by Gasteiger charge is 2.22. The van der Waals surface area contributed by atoms with Crippen LogP contribution in [0.25, 0.3) is 0 Å². The maximum atomic E-state index is 6.39. The van der Waals surface area contributed by atoms with E-state index < -0.39 is 5.54 Å². The Morgan fingerprint density at radius 2 is 1.61 bits per heavy atom. The molecule has 2 N–H and O–H groups in total. The van der Waals surface area contributed by atoms with Crippen LogP contribution in [-0.4, -0.2) is 0 Å². The summed E-state index contributed by atoms with van der Waals surface area (Å²) in [5.74, 6) is 0. The topological polar surface area (TPSA) is 26.0 Å². The molecule has 2 rings (SSSR count). The minimum Gasteiger partial charge on any atom is -0.321 e. The first-order chi connectivity index (χ1) is 8.49. The van der Waals surface area contributed by atoms with Crippen LogP contribution in [0.2, 0.25) is 10.0 Å². The molecule has 0 bridgehead atoms. The van der Waals surface area contributed by atoms with Gasteiger partial charge >= 0.3 is 0 Å². The first-order valence-corrected chi connectivity index (χ1v) is 6.53. The lowest BCUT2D eigenvalue weighted by molar-refractivity contribution is 0.491. The van der Waals surface area contributed by atoms with Crippen molar-refractivity contribution < 1.29 is 0 Å². The first-order valence-electron chi connectivity index (χ1n) is 5.77. The van der Waals surface area contributed by atoms with E-state index >= 15 is 0 Å². The summed E-state index contributed by atoms with van der Waals surface area (Å²) in [5.41, 5.74) is 8.03. The smallest absolute Gasteiger partial charge is 0.0438 e. The van der Waals surface area contributed by atoms with Gasteiger partial charge in [-0.25, -0.2) is 0 Å². The molecule has 0 fully saturated rings. The maximum absolute atomic E-state index is 6.39. The Balaban J connectivity index is 2.27. The predicted octanol–water partition coefficient (Wildman–Crippen LogP) is 4.41. The average molecular weight is 280 g/mol. The van der Waals surface area contributed by atoms with Crippen molar-refractivity contribution in [3.05, 3.63) is 69.7 Å². The normalized spacial score (nSPS) is 14.2. The van der Waals surface area contributed by atoms with E-state index in [1.165, 1.54) is 0 Å². The Morgan fingerprint density at radius 3 is 2.22 bits per heavy atom. The molecule has 2 aromatic rings. The molecule has 0 saturated carbocycles. The van der Waals surface area contributed by atoms with E-state index in [0.29, 0.717) is 11.4 Å². The monoisotopic (exact) mass is 279 g/mol. The van der Waals surface area contributed by atoms with Gasteiger partial charge in [-0.15, -0.1) is 0 Å². The largest absolute Gasteiger partial charge is 0.321 e. The summed E-state index contributed by atoms with van der Waals surface area (Å²) in [6.07, 6.45) is 0.689. The number of hydrogen-bond acceptors (Lipinski definition) is 1. The molecule has 0 aliphatic carbocycles. The van der Waals surface area contributed by atoms with E-state index in [1.54, 1.807) is 0 Å². The Labute approximate surface area is 118 Å². The van der Waals surface area contributed by atoms with E-state index in [4.69, 9.17) is 28.9 Å². The summed E-state index contributed by atoms with van der Waals surface area (Å²) in [7, 11) is 0. The van der Waals surface area contributed by atoms with Crippen LogP contribution in [0, 0.1) is 0 Å². The van der Waals surface area contributed by atoms with Crippen molar-refractivity contribution in [2.45, 2.75) is 18.9 Å². The van der Waals surface area contributed by atoms with Gasteiger partial charge < -0.3 is 5.73 Å². The quantitative estimate of drug-likeness (QED) is 0.885. The highest BCUT2D eigenvalue weighted by molar-refractivity contribution is 6.31. The third-order valence-electron chi connectivity index (χ3n) is 3.02. The average Bonchev–Trinajstić information content (AvgIpc) is 2.32. The fraction of sp³-hybridized carbons (Fsp3) is 0.200. The summed E-state index contributed by atoms with van der Waals surface area (Å²) in [5, 5.41) is 1.47. The summed E-state index contributed by atoms with van der Waals surface area (Å²) < 4.78 is 0. The van der Waals surface area contributed by atoms with Crippen molar-refractivity contribution >= 4 is 23.2 Å². The Morgan fingerprint density at radius 1 is 1.00 bits per heavy atom. The van der Waals surface area contributed by atoms with Crippen LogP contribution >= 0.6 is 23.2 Å². The summed E-state index contributed by atoms with van der Waals surface area (Å²) in [4.78, 5) is 0. The predicted molar refractivity (Wildman–Crippen MR) is 78.1 cm³/mol. The van der Waals surface area contributed by atoms with Gasteiger partial charge in [0, 0.05) is 15.6 Å². The molecular formula is C15H15Cl2N. The maximum Gasteiger partial charge on any atom is 0.0438 e. The van der Waals surface area contributed by atoms with Crippen molar-refractivity contribution in [3.63, 3.8) is 0 Å². The lowest BCUT2D eigenvalue weighted by Gasteiger charge is -2.26. The van der Waals surface area contributed by atoms with Crippen molar-refractivity contribution in [1.29, 1.82) is 0 Å². The first kappa shape index (κ1) is 13.4. The van der Waals surface area contributed by atoms with Gasteiger partial charge in [0.2, 0.25) is 0 Å². The molecule has 0 aromatic heterocycles. The molecule has 0 spiro atoms. The minimum absolute atomic E-state index is 0.463. The lowest BCUT2D eigenvalue weighted by Crippen LogP contribution is -2.35. The molecule has 3 heteroatoms. The minimum atomic E-state index is -0.463. The zero-order chi connectivity index (χ0) is 13.2. The molecular weight excluding hydrogens is 265 g/mol.